The predicted molar refractivity (Wildman–Crippen MR) is 69.0 cm³/mol. The van der Waals surface area contributed by atoms with Gasteiger partial charge in [-0.15, -0.1) is 0 Å². The Balaban J connectivity index is 2.52. The van der Waals surface area contributed by atoms with E-state index in [1.807, 2.05) is 31.1 Å². The molecule has 1 heterocycles. The second-order valence-corrected chi connectivity index (χ2v) is 4.33. The van der Waals surface area contributed by atoms with E-state index in [0.29, 0.717) is 5.15 Å². The van der Waals surface area contributed by atoms with Gasteiger partial charge in [0.25, 0.3) is 0 Å². The molecule has 0 radical (unpaired) electrons. The summed E-state index contributed by atoms with van der Waals surface area (Å²) in [5, 5.41) is 0.399. The number of halogens is 2. The maximum Gasteiger partial charge on any atom is 0.132 e. The van der Waals surface area contributed by atoms with E-state index >= 15 is 0 Å². The SMILES string of the molecule is CN(C)c1cc(-c2cccc(F)c2)cc(Cl)n1. The van der Waals surface area contributed by atoms with Crippen molar-refractivity contribution in [3.05, 3.63) is 47.4 Å². The van der Waals surface area contributed by atoms with Gasteiger partial charge in [-0.25, -0.2) is 9.37 Å². The highest BCUT2D eigenvalue weighted by Gasteiger charge is 2.05. The summed E-state index contributed by atoms with van der Waals surface area (Å²) in [6, 6.07) is 10.0. The summed E-state index contributed by atoms with van der Waals surface area (Å²) >= 11 is 5.95. The van der Waals surface area contributed by atoms with Gasteiger partial charge in [-0.2, -0.15) is 0 Å². The number of hydrogen-bond donors (Lipinski definition) is 0. The standard InChI is InChI=1S/C13H12ClFN2/c1-17(2)13-8-10(7-12(14)16-13)9-4-3-5-11(15)6-9/h3-8H,1-2H3. The second-order valence-electron chi connectivity index (χ2n) is 3.94. The molecule has 0 spiro atoms. The van der Waals surface area contributed by atoms with Gasteiger partial charge in [0.2, 0.25) is 0 Å². The molecular formula is C13H12ClFN2. The van der Waals surface area contributed by atoms with E-state index in [1.165, 1.54) is 12.1 Å². The Bertz CT molecular complexity index is 541. The molecule has 0 amide bonds. The van der Waals surface area contributed by atoms with Gasteiger partial charge in [0.15, 0.2) is 0 Å². The third kappa shape index (κ3) is 2.74. The topological polar surface area (TPSA) is 16.1 Å². The first kappa shape index (κ1) is 11.9. The molecule has 17 heavy (non-hydrogen) atoms. The Hall–Kier alpha value is -1.61. The van der Waals surface area contributed by atoms with E-state index in [2.05, 4.69) is 4.98 Å². The maximum absolute atomic E-state index is 13.2. The third-order valence-electron chi connectivity index (χ3n) is 2.40. The summed E-state index contributed by atoms with van der Waals surface area (Å²) in [5.41, 5.74) is 1.64. The zero-order valence-electron chi connectivity index (χ0n) is 9.61. The van der Waals surface area contributed by atoms with Crippen molar-refractivity contribution in [2.45, 2.75) is 0 Å². The fraction of sp³-hybridized carbons (Fsp3) is 0.154. The van der Waals surface area contributed by atoms with Crippen LogP contribution in [0.5, 0.6) is 0 Å². The van der Waals surface area contributed by atoms with Crippen molar-refractivity contribution >= 4 is 17.4 Å². The Morgan fingerprint density at radius 3 is 2.53 bits per heavy atom. The monoisotopic (exact) mass is 250 g/mol. The molecule has 2 rings (SSSR count). The lowest BCUT2D eigenvalue weighted by molar-refractivity contribution is 0.628. The van der Waals surface area contributed by atoms with Crippen LogP contribution in [0.3, 0.4) is 0 Å². The molecule has 2 aromatic rings. The van der Waals surface area contributed by atoms with Crippen LogP contribution in [0.4, 0.5) is 10.2 Å². The van der Waals surface area contributed by atoms with E-state index in [-0.39, 0.29) is 5.82 Å². The van der Waals surface area contributed by atoms with E-state index in [4.69, 9.17) is 11.6 Å². The minimum Gasteiger partial charge on any atom is -0.363 e. The van der Waals surface area contributed by atoms with Gasteiger partial charge in [0.1, 0.15) is 16.8 Å². The summed E-state index contributed by atoms with van der Waals surface area (Å²) in [5.74, 6) is 0.485. The molecule has 88 valence electrons. The van der Waals surface area contributed by atoms with Crippen LogP contribution in [-0.4, -0.2) is 19.1 Å². The Labute approximate surface area is 105 Å². The highest BCUT2D eigenvalue weighted by Crippen LogP contribution is 2.26. The first-order valence-electron chi connectivity index (χ1n) is 5.17. The number of anilines is 1. The third-order valence-corrected chi connectivity index (χ3v) is 2.59. The number of hydrogen-bond acceptors (Lipinski definition) is 2. The van der Waals surface area contributed by atoms with Crippen LogP contribution in [-0.2, 0) is 0 Å². The molecule has 0 N–H and O–H groups in total. The molecule has 0 aliphatic heterocycles. The van der Waals surface area contributed by atoms with Crippen LogP contribution in [0.25, 0.3) is 11.1 Å². The van der Waals surface area contributed by atoms with Gasteiger partial charge < -0.3 is 4.90 Å². The molecule has 0 unspecified atom stereocenters. The first-order valence-corrected chi connectivity index (χ1v) is 5.55. The number of benzene rings is 1. The van der Waals surface area contributed by atoms with Gasteiger partial charge in [-0.05, 0) is 35.4 Å². The molecule has 0 aliphatic carbocycles. The van der Waals surface area contributed by atoms with Gasteiger partial charge in [0.05, 0.1) is 0 Å². The minimum absolute atomic E-state index is 0.262. The molecule has 4 heteroatoms. The average molecular weight is 251 g/mol. The molecule has 1 aromatic carbocycles. The van der Waals surface area contributed by atoms with Crippen LogP contribution >= 0.6 is 11.6 Å². The van der Waals surface area contributed by atoms with Crippen molar-refractivity contribution in [1.82, 2.24) is 4.98 Å². The minimum atomic E-state index is -0.262. The van der Waals surface area contributed by atoms with E-state index < -0.39 is 0 Å². The highest BCUT2D eigenvalue weighted by molar-refractivity contribution is 6.29. The summed E-state index contributed by atoms with van der Waals surface area (Å²) < 4.78 is 13.2. The molecular weight excluding hydrogens is 239 g/mol. The molecule has 0 fully saturated rings. The van der Waals surface area contributed by atoms with Crippen LogP contribution < -0.4 is 4.90 Å². The van der Waals surface area contributed by atoms with Crippen molar-refractivity contribution in [3.63, 3.8) is 0 Å². The van der Waals surface area contributed by atoms with Crippen molar-refractivity contribution in [3.8, 4) is 11.1 Å². The molecule has 1 aromatic heterocycles. The van der Waals surface area contributed by atoms with Crippen molar-refractivity contribution < 1.29 is 4.39 Å². The number of aromatic nitrogens is 1. The van der Waals surface area contributed by atoms with Gasteiger partial charge in [-0.3, -0.25) is 0 Å². The molecule has 0 aliphatic rings. The van der Waals surface area contributed by atoms with Crippen LogP contribution in [0.2, 0.25) is 5.15 Å². The van der Waals surface area contributed by atoms with Crippen molar-refractivity contribution in [2.75, 3.05) is 19.0 Å². The Kier molecular flexibility index (Phi) is 3.29. The zero-order valence-corrected chi connectivity index (χ0v) is 10.4. The number of nitrogens with zero attached hydrogens (tertiary/aromatic N) is 2. The van der Waals surface area contributed by atoms with Crippen molar-refractivity contribution in [2.24, 2.45) is 0 Å². The Morgan fingerprint density at radius 1 is 1.12 bits per heavy atom. The van der Waals surface area contributed by atoms with Crippen LogP contribution in [0.15, 0.2) is 36.4 Å². The molecule has 0 bridgehead atoms. The molecule has 0 saturated carbocycles. The van der Waals surface area contributed by atoms with Gasteiger partial charge in [-0.1, -0.05) is 23.7 Å². The fourth-order valence-corrected chi connectivity index (χ4v) is 1.75. The Morgan fingerprint density at radius 2 is 1.88 bits per heavy atom. The largest absolute Gasteiger partial charge is 0.363 e. The summed E-state index contributed by atoms with van der Waals surface area (Å²) in [7, 11) is 3.77. The maximum atomic E-state index is 13.2. The zero-order chi connectivity index (χ0) is 12.4. The molecule has 0 atom stereocenters. The first-order chi connectivity index (χ1) is 8.06. The number of rotatable bonds is 2. The second kappa shape index (κ2) is 4.72. The lowest BCUT2D eigenvalue weighted by Crippen LogP contribution is -2.10. The van der Waals surface area contributed by atoms with Gasteiger partial charge in [0, 0.05) is 14.1 Å². The van der Waals surface area contributed by atoms with Gasteiger partial charge >= 0.3 is 0 Å². The lowest BCUT2D eigenvalue weighted by atomic mass is 10.1. The summed E-state index contributed by atoms with van der Waals surface area (Å²) in [6.45, 7) is 0. The normalized spacial score (nSPS) is 10.4. The van der Waals surface area contributed by atoms with E-state index in [0.717, 1.165) is 16.9 Å². The highest BCUT2D eigenvalue weighted by atomic mass is 35.5. The molecule has 0 saturated heterocycles. The van der Waals surface area contributed by atoms with Crippen molar-refractivity contribution in [1.29, 1.82) is 0 Å². The summed E-state index contributed by atoms with van der Waals surface area (Å²) in [6.07, 6.45) is 0. The number of pyridine rings is 1. The summed E-state index contributed by atoms with van der Waals surface area (Å²) in [4.78, 5) is 6.03. The van der Waals surface area contributed by atoms with E-state index in [1.54, 1.807) is 12.1 Å². The smallest absolute Gasteiger partial charge is 0.132 e. The predicted octanol–water partition coefficient (Wildman–Crippen LogP) is 3.61. The molecule has 2 nitrogen and oxygen atoms in total. The lowest BCUT2D eigenvalue weighted by Gasteiger charge is -2.13. The van der Waals surface area contributed by atoms with Crippen LogP contribution in [0.1, 0.15) is 0 Å². The van der Waals surface area contributed by atoms with Crippen LogP contribution in [0, 0.1) is 5.82 Å². The average Bonchev–Trinajstić information content (AvgIpc) is 2.28. The fourth-order valence-electron chi connectivity index (χ4n) is 1.55. The van der Waals surface area contributed by atoms with E-state index in [9.17, 15) is 4.39 Å². The quantitative estimate of drug-likeness (QED) is 0.757.